The fourth-order valence-corrected chi connectivity index (χ4v) is 3.33. The van der Waals surface area contributed by atoms with Gasteiger partial charge in [0.1, 0.15) is 0 Å². The number of carbonyl (C=O) groups excluding carboxylic acids is 1. The van der Waals surface area contributed by atoms with E-state index in [1.165, 1.54) is 4.68 Å². The average Bonchev–Trinajstić information content (AvgIpc) is 3.26. The van der Waals surface area contributed by atoms with Gasteiger partial charge in [-0.15, -0.1) is 0 Å². The molecule has 0 aliphatic rings. The quantitative estimate of drug-likeness (QED) is 0.538. The van der Waals surface area contributed by atoms with Crippen LogP contribution in [0.15, 0.2) is 71.8 Å². The smallest absolute Gasteiger partial charge is 0.274 e. The highest BCUT2D eigenvalue weighted by Gasteiger charge is 2.17. The molecule has 0 saturated carbocycles. The van der Waals surface area contributed by atoms with Gasteiger partial charge >= 0.3 is 0 Å². The number of hydrogen-bond donors (Lipinski definition) is 1. The minimum Gasteiger partial charge on any atom is -0.347 e. The highest BCUT2D eigenvalue weighted by molar-refractivity contribution is 6.04. The van der Waals surface area contributed by atoms with Crippen molar-refractivity contribution in [2.45, 2.75) is 33.0 Å². The molecule has 0 bridgehead atoms. The number of nitrogens with one attached hydrogen (secondary N) is 1. The van der Waals surface area contributed by atoms with Crippen LogP contribution in [0.4, 0.5) is 0 Å². The van der Waals surface area contributed by atoms with Gasteiger partial charge in [0, 0.05) is 24.3 Å². The van der Waals surface area contributed by atoms with Crippen molar-refractivity contribution in [3.63, 3.8) is 0 Å². The van der Waals surface area contributed by atoms with Crippen molar-refractivity contribution in [2.24, 2.45) is 0 Å². The normalized spacial score (nSPS) is 11.2. The van der Waals surface area contributed by atoms with E-state index in [4.69, 9.17) is 0 Å². The third-order valence-electron chi connectivity index (χ3n) is 4.91. The molecule has 0 saturated heterocycles. The Balaban J connectivity index is 1.52. The van der Waals surface area contributed by atoms with Crippen LogP contribution in [0.3, 0.4) is 0 Å². The first-order chi connectivity index (χ1) is 14.5. The molecule has 0 unspecified atom stereocenters. The summed E-state index contributed by atoms with van der Waals surface area (Å²) in [6.45, 7) is 4.81. The van der Waals surface area contributed by atoms with Crippen LogP contribution in [0, 0.1) is 0 Å². The first-order valence-corrected chi connectivity index (χ1v) is 9.88. The number of rotatable bonds is 6. The lowest BCUT2D eigenvalue weighted by Gasteiger charge is -2.13. The molecule has 152 valence electrons. The van der Waals surface area contributed by atoms with Gasteiger partial charge in [0.25, 0.3) is 11.5 Å². The van der Waals surface area contributed by atoms with E-state index < -0.39 is 0 Å². The highest BCUT2D eigenvalue weighted by atomic mass is 16.2. The molecule has 0 aliphatic heterocycles. The van der Waals surface area contributed by atoms with Gasteiger partial charge in [-0.2, -0.15) is 10.2 Å². The zero-order valence-electron chi connectivity index (χ0n) is 16.9. The monoisotopic (exact) mass is 401 g/mol. The summed E-state index contributed by atoms with van der Waals surface area (Å²) in [6.07, 6.45) is 3.67. The second-order valence-corrected chi connectivity index (χ2v) is 7.44. The Morgan fingerprint density at radius 2 is 1.70 bits per heavy atom. The molecule has 2 aromatic heterocycles. The van der Waals surface area contributed by atoms with Crippen LogP contribution >= 0.6 is 0 Å². The number of carbonyl (C=O) groups is 1. The molecule has 2 heterocycles. The molecule has 7 heteroatoms. The minimum atomic E-state index is -0.304. The summed E-state index contributed by atoms with van der Waals surface area (Å²) < 4.78 is 3.22. The largest absolute Gasteiger partial charge is 0.347 e. The first kappa shape index (κ1) is 19.6. The minimum absolute atomic E-state index is 0.143. The Hall–Kier alpha value is -3.74. The lowest BCUT2D eigenvalue weighted by atomic mass is 10.1. The molecule has 1 N–H and O–H groups in total. The van der Waals surface area contributed by atoms with Crippen LogP contribution in [-0.2, 0) is 13.1 Å². The number of hydrogen-bond acceptors (Lipinski definition) is 4. The molecule has 0 spiro atoms. The molecule has 4 rings (SSSR count). The molecule has 7 nitrogen and oxygen atoms in total. The molecule has 0 radical (unpaired) electrons. The van der Waals surface area contributed by atoms with Gasteiger partial charge in [-0.3, -0.25) is 14.3 Å². The Labute approximate surface area is 174 Å². The van der Waals surface area contributed by atoms with Gasteiger partial charge in [0.05, 0.1) is 18.0 Å². The maximum absolute atomic E-state index is 12.9. The van der Waals surface area contributed by atoms with Gasteiger partial charge in [-0.1, -0.05) is 42.5 Å². The highest BCUT2D eigenvalue weighted by Crippen LogP contribution is 2.15. The Morgan fingerprint density at radius 3 is 2.37 bits per heavy atom. The van der Waals surface area contributed by atoms with Crippen molar-refractivity contribution in [3.05, 3.63) is 94.2 Å². The van der Waals surface area contributed by atoms with E-state index >= 15 is 0 Å². The van der Waals surface area contributed by atoms with Gasteiger partial charge in [-0.05, 0) is 37.1 Å². The number of benzene rings is 2. The predicted octanol–water partition coefficient (Wildman–Crippen LogP) is 3.15. The molecular formula is C23H23N5O2. The molecule has 0 fully saturated rings. The average molecular weight is 401 g/mol. The van der Waals surface area contributed by atoms with Gasteiger partial charge in [-0.25, -0.2) is 4.68 Å². The lowest BCUT2D eigenvalue weighted by Crippen LogP contribution is -2.31. The standard InChI is InChI=1S/C23H23N5O2/c1-16(2)28-23(30)20-7-4-3-6-19(20)21(26-28)22(29)24-14-17-8-10-18(11-9-17)15-27-13-5-12-25-27/h3-13,16H,14-15H2,1-2H3,(H,24,29). The SMILES string of the molecule is CC(C)n1nc(C(=O)NCc2ccc(Cn3cccn3)cc2)c2ccccc2c1=O. The van der Waals surface area contributed by atoms with Gasteiger partial charge in [0.2, 0.25) is 0 Å². The molecular weight excluding hydrogens is 378 g/mol. The van der Waals surface area contributed by atoms with Gasteiger partial charge in [0.15, 0.2) is 5.69 Å². The Kier molecular flexibility index (Phi) is 5.43. The van der Waals surface area contributed by atoms with Crippen LogP contribution in [0.5, 0.6) is 0 Å². The van der Waals surface area contributed by atoms with E-state index in [0.717, 1.165) is 11.1 Å². The number of aromatic nitrogens is 4. The second kappa shape index (κ2) is 8.32. The summed E-state index contributed by atoms with van der Waals surface area (Å²) in [7, 11) is 0. The van der Waals surface area contributed by atoms with Crippen LogP contribution in [-0.4, -0.2) is 25.5 Å². The fourth-order valence-electron chi connectivity index (χ4n) is 3.33. The maximum Gasteiger partial charge on any atom is 0.274 e. The molecule has 0 atom stereocenters. The summed E-state index contributed by atoms with van der Waals surface area (Å²) in [5, 5.41) is 12.5. The summed E-state index contributed by atoms with van der Waals surface area (Å²) in [5.74, 6) is -0.304. The van der Waals surface area contributed by atoms with E-state index in [0.29, 0.717) is 23.9 Å². The number of amides is 1. The third kappa shape index (κ3) is 4.00. The molecule has 30 heavy (non-hydrogen) atoms. The summed E-state index contributed by atoms with van der Waals surface area (Å²) in [5.41, 5.74) is 2.18. The summed E-state index contributed by atoms with van der Waals surface area (Å²) in [4.78, 5) is 25.5. The number of nitrogens with zero attached hydrogens (tertiary/aromatic N) is 4. The van der Waals surface area contributed by atoms with Crippen LogP contribution in [0.2, 0.25) is 0 Å². The Bertz CT molecular complexity index is 1220. The topological polar surface area (TPSA) is 81.8 Å². The fraction of sp³-hybridized carbons (Fsp3) is 0.217. The Morgan fingerprint density at radius 1 is 1.00 bits per heavy atom. The summed E-state index contributed by atoms with van der Waals surface area (Å²) >= 11 is 0. The third-order valence-corrected chi connectivity index (χ3v) is 4.91. The van der Waals surface area contributed by atoms with Gasteiger partial charge < -0.3 is 5.32 Å². The van der Waals surface area contributed by atoms with Crippen molar-refractivity contribution in [1.82, 2.24) is 24.9 Å². The molecule has 1 amide bonds. The van der Waals surface area contributed by atoms with Crippen molar-refractivity contribution in [3.8, 4) is 0 Å². The van der Waals surface area contributed by atoms with Crippen LogP contribution in [0.1, 0.15) is 41.5 Å². The van der Waals surface area contributed by atoms with E-state index in [-0.39, 0.29) is 23.2 Å². The van der Waals surface area contributed by atoms with E-state index in [1.807, 2.05) is 55.1 Å². The summed E-state index contributed by atoms with van der Waals surface area (Å²) in [6, 6.07) is 16.9. The van der Waals surface area contributed by atoms with E-state index in [1.54, 1.807) is 30.5 Å². The van der Waals surface area contributed by atoms with Crippen LogP contribution < -0.4 is 10.9 Å². The van der Waals surface area contributed by atoms with Crippen molar-refractivity contribution >= 4 is 16.7 Å². The molecule has 0 aliphatic carbocycles. The van der Waals surface area contributed by atoms with E-state index in [9.17, 15) is 9.59 Å². The van der Waals surface area contributed by atoms with Crippen molar-refractivity contribution in [2.75, 3.05) is 0 Å². The molecule has 2 aromatic carbocycles. The van der Waals surface area contributed by atoms with Crippen molar-refractivity contribution in [1.29, 1.82) is 0 Å². The van der Waals surface area contributed by atoms with E-state index in [2.05, 4.69) is 15.5 Å². The number of fused-ring (bicyclic) bond motifs is 1. The van der Waals surface area contributed by atoms with Crippen LogP contribution in [0.25, 0.3) is 10.8 Å². The maximum atomic E-state index is 12.9. The zero-order chi connectivity index (χ0) is 21.1. The first-order valence-electron chi connectivity index (χ1n) is 9.88. The predicted molar refractivity (Wildman–Crippen MR) is 115 cm³/mol. The lowest BCUT2D eigenvalue weighted by molar-refractivity contribution is 0.0945. The second-order valence-electron chi connectivity index (χ2n) is 7.44. The zero-order valence-corrected chi connectivity index (χ0v) is 16.9. The molecule has 4 aromatic rings. The van der Waals surface area contributed by atoms with Crippen molar-refractivity contribution < 1.29 is 4.79 Å².